The summed E-state index contributed by atoms with van der Waals surface area (Å²) in [5.74, 6) is 0.905. The normalized spacial score (nSPS) is 12.0. The average molecular weight is 280 g/mol. The van der Waals surface area contributed by atoms with Crippen LogP contribution in [0.15, 0.2) is 48.5 Å². The number of imidazole rings is 1. The van der Waals surface area contributed by atoms with Crippen LogP contribution in [0, 0.1) is 0 Å². The smallest absolute Gasteiger partial charge is 0.141 e. The highest BCUT2D eigenvalue weighted by Crippen LogP contribution is 2.27. The number of hydrogen-bond acceptors (Lipinski definition) is 3. The number of aromatic nitrogens is 2. The molecule has 3 aromatic rings. The van der Waals surface area contributed by atoms with Crippen molar-refractivity contribution in [1.82, 2.24) is 9.55 Å². The number of rotatable bonds is 3. The van der Waals surface area contributed by atoms with Crippen LogP contribution in [0.4, 0.5) is 5.69 Å². The van der Waals surface area contributed by atoms with Crippen LogP contribution >= 0.6 is 0 Å². The lowest BCUT2D eigenvalue weighted by Gasteiger charge is -2.21. The zero-order valence-electron chi connectivity index (χ0n) is 12.4. The minimum absolute atomic E-state index is 0.321. The highest BCUT2D eigenvalue weighted by molar-refractivity contribution is 5.81. The summed E-state index contributed by atoms with van der Waals surface area (Å²) in [5, 5.41) is 0. The largest absolute Gasteiger partial charge is 0.399 e. The van der Waals surface area contributed by atoms with Crippen LogP contribution in [-0.4, -0.2) is 15.1 Å². The minimum Gasteiger partial charge on any atom is -0.399 e. The molecule has 1 heterocycles. The van der Waals surface area contributed by atoms with Crippen LogP contribution in [0.5, 0.6) is 0 Å². The molecule has 3 rings (SSSR count). The van der Waals surface area contributed by atoms with Gasteiger partial charge in [-0.15, -0.1) is 0 Å². The van der Waals surface area contributed by atoms with E-state index in [1.165, 1.54) is 0 Å². The van der Waals surface area contributed by atoms with Crippen molar-refractivity contribution >= 4 is 16.7 Å². The fraction of sp³-hybridized carbons (Fsp3) is 0.235. The molecule has 0 aliphatic heterocycles. The van der Waals surface area contributed by atoms with Crippen molar-refractivity contribution in [2.45, 2.75) is 25.9 Å². The molecule has 0 atom stereocenters. The molecule has 0 amide bonds. The van der Waals surface area contributed by atoms with Gasteiger partial charge in [0.05, 0.1) is 11.0 Å². The zero-order valence-corrected chi connectivity index (χ0v) is 12.4. The molecular weight excluding hydrogens is 260 g/mol. The van der Waals surface area contributed by atoms with Crippen molar-refractivity contribution in [2.24, 2.45) is 5.73 Å². The second kappa shape index (κ2) is 4.90. The van der Waals surface area contributed by atoms with E-state index in [1.807, 2.05) is 56.3 Å². The van der Waals surface area contributed by atoms with Crippen LogP contribution in [0.2, 0.25) is 0 Å². The van der Waals surface area contributed by atoms with Gasteiger partial charge < -0.3 is 16.0 Å². The number of benzene rings is 2. The Hall–Kier alpha value is -2.33. The molecule has 4 nitrogen and oxygen atoms in total. The van der Waals surface area contributed by atoms with Crippen molar-refractivity contribution in [3.63, 3.8) is 0 Å². The Kier molecular flexibility index (Phi) is 3.18. The van der Waals surface area contributed by atoms with Crippen LogP contribution in [0.3, 0.4) is 0 Å². The maximum Gasteiger partial charge on any atom is 0.141 e. The molecule has 2 aromatic carbocycles. The van der Waals surface area contributed by atoms with Gasteiger partial charge in [0.2, 0.25) is 0 Å². The fourth-order valence-corrected chi connectivity index (χ4v) is 2.54. The van der Waals surface area contributed by atoms with Crippen LogP contribution in [0.25, 0.3) is 22.4 Å². The molecule has 108 valence electrons. The molecule has 1 aromatic heterocycles. The summed E-state index contributed by atoms with van der Waals surface area (Å²) < 4.78 is 2.17. The van der Waals surface area contributed by atoms with Crippen molar-refractivity contribution in [3.05, 3.63) is 48.5 Å². The summed E-state index contributed by atoms with van der Waals surface area (Å²) in [7, 11) is 0. The third-order valence-electron chi connectivity index (χ3n) is 3.37. The molecule has 21 heavy (non-hydrogen) atoms. The molecule has 0 aliphatic carbocycles. The Morgan fingerprint density at radius 1 is 1.10 bits per heavy atom. The number of nitrogens with two attached hydrogens (primary N) is 2. The van der Waals surface area contributed by atoms with Gasteiger partial charge in [-0.3, -0.25) is 0 Å². The van der Waals surface area contributed by atoms with E-state index in [2.05, 4.69) is 10.6 Å². The molecule has 4 N–H and O–H groups in total. The van der Waals surface area contributed by atoms with Gasteiger partial charge in [-0.1, -0.05) is 24.3 Å². The Morgan fingerprint density at radius 3 is 2.57 bits per heavy atom. The summed E-state index contributed by atoms with van der Waals surface area (Å²) >= 11 is 0. The van der Waals surface area contributed by atoms with Crippen molar-refractivity contribution < 1.29 is 0 Å². The Balaban J connectivity index is 2.24. The summed E-state index contributed by atoms with van der Waals surface area (Å²) in [6, 6.07) is 15.9. The third kappa shape index (κ3) is 2.76. The molecule has 0 unspecified atom stereocenters. The predicted octanol–water partition coefficient (Wildman–Crippen LogP) is 3.02. The first-order valence-electron chi connectivity index (χ1n) is 7.04. The number of hydrogen-bond donors (Lipinski definition) is 2. The highest BCUT2D eigenvalue weighted by Gasteiger charge is 2.18. The van der Waals surface area contributed by atoms with E-state index in [-0.39, 0.29) is 5.54 Å². The van der Waals surface area contributed by atoms with Gasteiger partial charge in [0.1, 0.15) is 5.82 Å². The lowest BCUT2D eigenvalue weighted by Crippen LogP contribution is -2.37. The number of para-hydroxylation sites is 2. The topological polar surface area (TPSA) is 69.9 Å². The van der Waals surface area contributed by atoms with Crippen LogP contribution < -0.4 is 11.5 Å². The first-order valence-corrected chi connectivity index (χ1v) is 7.04. The summed E-state index contributed by atoms with van der Waals surface area (Å²) in [4.78, 5) is 4.76. The average Bonchev–Trinajstić information content (AvgIpc) is 2.76. The number of anilines is 1. The predicted molar refractivity (Wildman–Crippen MR) is 87.8 cm³/mol. The van der Waals surface area contributed by atoms with E-state index >= 15 is 0 Å². The molecular formula is C17H20N4. The molecule has 0 saturated heterocycles. The molecule has 0 saturated carbocycles. The maximum atomic E-state index is 6.22. The molecule has 4 heteroatoms. The van der Waals surface area contributed by atoms with Crippen LogP contribution in [-0.2, 0) is 6.54 Å². The van der Waals surface area contributed by atoms with Gasteiger partial charge in [-0.25, -0.2) is 4.98 Å². The summed E-state index contributed by atoms with van der Waals surface area (Å²) in [5.41, 5.74) is 15.6. The van der Waals surface area contributed by atoms with Crippen LogP contribution in [0.1, 0.15) is 13.8 Å². The van der Waals surface area contributed by atoms with E-state index in [4.69, 9.17) is 16.5 Å². The van der Waals surface area contributed by atoms with Gasteiger partial charge in [-0.05, 0) is 38.1 Å². The Labute approximate surface area is 124 Å². The second-order valence-electron chi connectivity index (χ2n) is 6.12. The SMILES string of the molecule is CC(C)(N)Cn1c(-c2cccc(N)c2)nc2ccccc21. The Morgan fingerprint density at radius 2 is 1.86 bits per heavy atom. The lowest BCUT2D eigenvalue weighted by atomic mass is 10.1. The van der Waals surface area contributed by atoms with Gasteiger partial charge >= 0.3 is 0 Å². The maximum absolute atomic E-state index is 6.22. The van der Waals surface area contributed by atoms with E-state index in [0.29, 0.717) is 6.54 Å². The molecule has 0 bridgehead atoms. The van der Waals surface area contributed by atoms with Gasteiger partial charge in [-0.2, -0.15) is 0 Å². The lowest BCUT2D eigenvalue weighted by molar-refractivity contribution is 0.442. The zero-order chi connectivity index (χ0) is 15.0. The third-order valence-corrected chi connectivity index (χ3v) is 3.37. The second-order valence-corrected chi connectivity index (χ2v) is 6.12. The number of nitrogen functional groups attached to an aromatic ring is 1. The molecule has 0 spiro atoms. The van der Waals surface area contributed by atoms with E-state index in [9.17, 15) is 0 Å². The highest BCUT2D eigenvalue weighted by atomic mass is 15.1. The van der Waals surface area contributed by atoms with Crippen molar-refractivity contribution in [1.29, 1.82) is 0 Å². The number of fused-ring (bicyclic) bond motifs is 1. The first kappa shape index (κ1) is 13.6. The standard InChI is InChI=1S/C17H20N4/c1-17(2,19)11-21-15-9-4-3-8-14(15)20-16(21)12-6-5-7-13(18)10-12/h3-10H,11,18-19H2,1-2H3. The van der Waals surface area contributed by atoms with Gasteiger partial charge in [0.25, 0.3) is 0 Å². The van der Waals surface area contributed by atoms with E-state index in [0.717, 1.165) is 28.1 Å². The van der Waals surface area contributed by atoms with E-state index in [1.54, 1.807) is 0 Å². The fourth-order valence-electron chi connectivity index (χ4n) is 2.54. The first-order chi connectivity index (χ1) is 9.94. The molecule has 0 aliphatic rings. The van der Waals surface area contributed by atoms with Crippen molar-refractivity contribution in [3.8, 4) is 11.4 Å². The Bertz CT molecular complexity index is 781. The van der Waals surface area contributed by atoms with Gasteiger partial charge in [0, 0.05) is 23.3 Å². The molecule has 0 radical (unpaired) electrons. The van der Waals surface area contributed by atoms with Gasteiger partial charge in [0.15, 0.2) is 0 Å². The monoisotopic (exact) mass is 280 g/mol. The minimum atomic E-state index is -0.321. The van der Waals surface area contributed by atoms with E-state index < -0.39 is 0 Å². The summed E-state index contributed by atoms with van der Waals surface area (Å²) in [6.07, 6.45) is 0. The van der Waals surface area contributed by atoms with Crippen molar-refractivity contribution in [2.75, 3.05) is 5.73 Å². The summed E-state index contributed by atoms with van der Waals surface area (Å²) in [6.45, 7) is 4.73. The number of nitrogens with zero attached hydrogens (tertiary/aromatic N) is 2. The molecule has 0 fully saturated rings. The quantitative estimate of drug-likeness (QED) is 0.724.